The van der Waals surface area contributed by atoms with Gasteiger partial charge in [0.15, 0.2) is 11.5 Å². The number of hydrazone groups is 1. The maximum atomic E-state index is 11.6. The minimum absolute atomic E-state index is 0.0218. The molecule has 0 aromatic heterocycles. The van der Waals surface area contributed by atoms with Crippen LogP contribution in [0.1, 0.15) is 43.4 Å². The molecule has 0 radical (unpaired) electrons. The first-order valence-corrected chi connectivity index (χ1v) is 10.3. The molecule has 4 rings (SSSR count). The molecule has 0 aliphatic carbocycles. The number of fused-ring (bicyclic) bond motifs is 1. The molecule has 1 unspecified atom stereocenters. The number of nitro groups is 1. The van der Waals surface area contributed by atoms with Crippen LogP contribution in [0.2, 0.25) is 0 Å². The molecule has 0 saturated heterocycles. The summed E-state index contributed by atoms with van der Waals surface area (Å²) < 4.78 is 16.5. The summed E-state index contributed by atoms with van der Waals surface area (Å²) in [7, 11) is 0. The van der Waals surface area contributed by atoms with Crippen LogP contribution in [0.5, 0.6) is 23.0 Å². The van der Waals surface area contributed by atoms with E-state index in [9.17, 15) is 15.2 Å². The third-order valence-electron chi connectivity index (χ3n) is 4.98. The number of nitro benzene ring substituents is 1. The number of nitrogens with one attached hydrogen (secondary N) is 1. The van der Waals surface area contributed by atoms with Gasteiger partial charge in [0, 0.05) is 18.1 Å². The lowest BCUT2D eigenvalue weighted by Gasteiger charge is -2.13. The Balaban J connectivity index is 1.60. The summed E-state index contributed by atoms with van der Waals surface area (Å²) in [5.74, 6) is 1.24. The molecule has 2 N–H and O–H groups in total. The van der Waals surface area contributed by atoms with E-state index in [1.165, 1.54) is 6.07 Å². The van der Waals surface area contributed by atoms with Crippen molar-refractivity contribution in [3.05, 3.63) is 50.0 Å². The van der Waals surface area contributed by atoms with E-state index >= 15 is 0 Å². The van der Waals surface area contributed by atoms with Crippen molar-refractivity contribution in [1.82, 2.24) is 5.43 Å². The quantitative estimate of drug-likeness (QED) is 0.344. The highest BCUT2D eigenvalue weighted by Gasteiger charge is 2.30. The highest BCUT2D eigenvalue weighted by atomic mass is 79.9. The number of unbranched alkanes of at least 4 members (excludes halogenated alkanes) is 1. The Morgan fingerprint density at radius 1 is 1.37 bits per heavy atom. The van der Waals surface area contributed by atoms with Gasteiger partial charge in [-0.15, -0.1) is 0 Å². The predicted octanol–water partition coefficient (Wildman–Crippen LogP) is 4.41. The van der Waals surface area contributed by atoms with E-state index < -0.39 is 4.92 Å². The smallest absolute Gasteiger partial charge is 0.313 e. The van der Waals surface area contributed by atoms with Crippen LogP contribution in [-0.4, -0.2) is 29.1 Å². The number of aromatic hydroxyl groups is 1. The van der Waals surface area contributed by atoms with E-state index in [1.54, 1.807) is 0 Å². The summed E-state index contributed by atoms with van der Waals surface area (Å²) in [5, 5.41) is 26.6. The minimum atomic E-state index is -0.521. The van der Waals surface area contributed by atoms with Crippen molar-refractivity contribution in [3.63, 3.8) is 0 Å². The number of halogens is 1. The molecule has 1 atom stereocenters. The van der Waals surface area contributed by atoms with Gasteiger partial charge in [0.05, 0.1) is 23.3 Å². The Morgan fingerprint density at radius 3 is 2.93 bits per heavy atom. The highest BCUT2D eigenvalue weighted by molar-refractivity contribution is 9.10. The average Bonchev–Trinajstić information content (AvgIpc) is 3.40. The Labute approximate surface area is 180 Å². The van der Waals surface area contributed by atoms with Crippen LogP contribution in [0.15, 0.2) is 33.8 Å². The molecule has 30 heavy (non-hydrogen) atoms. The summed E-state index contributed by atoms with van der Waals surface area (Å²) in [4.78, 5) is 11.1. The van der Waals surface area contributed by atoms with Gasteiger partial charge in [0.1, 0.15) is 10.2 Å². The van der Waals surface area contributed by atoms with Crippen LogP contribution in [0.3, 0.4) is 0 Å². The molecular formula is C20H20BrN3O6. The summed E-state index contributed by atoms with van der Waals surface area (Å²) in [6, 6.07) is 6.77. The Kier molecular flexibility index (Phi) is 5.67. The lowest BCUT2D eigenvalue weighted by Crippen LogP contribution is -2.10. The van der Waals surface area contributed by atoms with Crippen molar-refractivity contribution in [2.24, 2.45) is 5.10 Å². The van der Waals surface area contributed by atoms with Crippen molar-refractivity contribution in [1.29, 1.82) is 0 Å². The average molecular weight is 478 g/mol. The molecule has 10 heteroatoms. The van der Waals surface area contributed by atoms with Gasteiger partial charge in [-0.25, -0.2) is 0 Å². The molecule has 0 fully saturated rings. The maximum Gasteiger partial charge on any atom is 0.313 e. The number of hydrogen-bond acceptors (Lipinski definition) is 8. The van der Waals surface area contributed by atoms with Crippen LogP contribution < -0.4 is 19.6 Å². The third kappa shape index (κ3) is 3.74. The van der Waals surface area contributed by atoms with E-state index in [1.807, 2.05) is 25.1 Å². The number of phenolic OH excluding ortho intramolecular Hbond substituents is 1. The first-order chi connectivity index (χ1) is 14.5. The molecule has 0 bridgehead atoms. The zero-order valence-electron chi connectivity index (χ0n) is 16.2. The normalized spacial score (nSPS) is 16.9. The zero-order valence-corrected chi connectivity index (χ0v) is 17.8. The van der Waals surface area contributed by atoms with Crippen molar-refractivity contribution >= 4 is 27.3 Å². The van der Waals surface area contributed by atoms with E-state index in [-0.39, 0.29) is 40.1 Å². The van der Waals surface area contributed by atoms with Crippen molar-refractivity contribution in [2.45, 2.75) is 32.2 Å². The van der Waals surface area contributed by atoms with Crippen LogP contribution in [-0.2, 0) is 0 Å². The second kappa shape index (κ2) is 8.39. The van der Waals surface area contributed by atoms with E-state index in [2.05, 4.69) is 26.5 Å². The van der Waals surface area contributed by atoms with Gasteiger partial charge in [0.2, 0.25) is 12.5 Å². The van der Waals surface area contributed by atoms with Gasteiger partial charge >= 0.3 is 5.69 Å². The van der Waals surface area contributed by atoms with Crippen molar-refractivity contribution in [3.8, 4) is 23.0 Å². The first kappa shape index (κ1) is 20.3. The molecule has 158 valence electrons. The molecule has 2 aliphatic heterocycles. The monoisotopic (exact) mass is 477 g/mol. The first-order valence-electron chi connectivity index (χ1n) is 9.54. The molecule has 2 aromatic rings. The summed E-state index contributed by atoms with van der Waals surface area (Å²) in [6.45, 7) is 2.51. The summed E-state index contributed by atoms with van der Waals surface area (Å²) >= 11 is 3.26. The van der Waals surface area contributed by atoms with Crippen LogP contribution in [0.4, 0.5) is 5.69 Å². The fourth-order valence-electron chi connectivity index (χ4n) is 3.35. The largest absolute Gasteiger partial charge is 0.506 e. The number of rotatable bonds is 7. The standard InChI is InChI=1S/C20H20BrN3O6/c1-2-3-6-28-20-15(24(26)27)8-12(19(25)18(20)21)14-9-13(22-23-14)11-4-5-16-17(7-11)30-10-29-16/h4-5,7-8,13,22,25H,2-3,6,9-10H2,1H3. The zero-order chi connectivity index (χ0) is 21.3. The van der Waals surface area contributed by atoms with E-state index in [0.717, 1.165) is 18.4 Å². The van der Waals surface area contributed by atoms with Crippen LogP contribution in [0, 0.1) is 10.1 Å². The molecule has 2 aromatic carbocycles. The second-order valence-corrected chi connectivity index (χ2v) is 7.74. The molecular weight excluding hydrogens is 458 g/mol. The van der Waals surface area contributed by atoms with Gasteiger partial charge in [-0.05, 0) is 40.0 Å². The number of benzene rings is 2. The molecule has 9 nitrogen and oxygen atoms in total. The van der Waals surface area contributed by atoms with Crippen molar-refractivity contribution in [2.75, 3.05) is 13.4 Å². The Bertz CT molecular complexity index is 1030. The summed E-state index contributed by atoms with van der Waals surface area (Å²) in [5.41, 5.74) is 4.54. The SMILES string of the molecule is CCCCOc1c([N+](=O)[O-])cc(C2=NNC(c3ccc4c(c3)OCO4)C2)c(O)c1Br. The van der Waals surface area contributed by atoms with Gasteiger partial charge in [-0.2, -0.15) is 5.10 Å². The minimum Gasteiger partial charge on any atom is -0.506 e. The maximum absolute atomic E-state index is 11.6. The molecule has 2 aliphatic rings. The number of hydrogen-bond donors (Lipinski definition) is 2. The predicted molar refractivity (Wildman–Crippen MR) is 112 cm³/mol. The number of ether oxygens (including phenoxy) is 3. The number of nitrogens with zero attached hydrogens (tertiary/aromatic N) is 2. The Morgan fingerprint density at radius 2 is 2.17 bits per heavy atom. The lowest BCUT2D eigenvalue weighted by molar-refractivity contribution is -0.386. The van der Waals surface area contributed by atoms with Crippen LogP contribution in [0.25, 0.3) is 0 Å². The lowest BCUT2D eigenvalue weighted by atomic mass is 9.98. The van der Waals surface area contributed by atoms with Gasteiger partial charge in [0.25, 0.3) is 0 Å². The molecule has 0 amide bonds. The van der Waals surface area contributed by atoms with E-state index in [4.69, 9.17) is 14.2 Å². The van der Waals surface area contributed by atoms with E-state index in [0.29, 0.717) is 30.2 Å². The van der Waals surface area contributed by atoms with Gasteiger partial charge in [-0.3, -0.25) is 10.1 Å². The summed E-state index contributed by atoms with van der Waals surface area (Å²) in [6.07, 6.45) is 2.08. The second-order valence-electron chi connectivity index (χ2n) is 6.95. The fourth-order valence-corrected chi connectivity index (χ4v) is 3.88. The molecule has 0 saturated carbocycles. The van der Waals surface area contributed by atoms with Crippen molar-refractivity contribution < 1.29 is 24.2 Å². The van der Waals surface area contributed by atoms with Crippen LogP contribution >= 0.6 is 15.9 Å². The topological polar surface area (TPSA) is 115 Å². The highest BCUT2D eigenvalue weighted by Crippen LogP contribution is 2.45. The third-order valence-corrected chi connectivity index (χ3v) is 5.72. The Hall–Kier alpha value is -3.01. The molecule has 2 heterocycles. The molecule has 0 spiro atoms. The van der Waals surface area contributed by atoms with Gasteiger partial charge < -0.3 is 24.7 Å². The fraction of sp³-hybridized carbons (Fsp3) is 0.350. The van der Waals surface area contributed by atoms with Gasteiger partial charge in [-0.1, -0.05) is 19.4 Å². The number of phenols is 1.